The van der Waals surface area contributed by atoms with Crippen LogP contribution >= 0.6 is 0 Å². The number of aryl methyl sites for hydroxylation is 2. The number of benzene rings is 1. The summed E-state index contributed by atoms with van der Waals surface area (Å²) in [6.45, 7) is 0.415. The fraction of sp³-hybridized carbons (Fsp3) is 0.385. The highest BCUT2D eigenvalue weighted by Gasteiger charge is 2.48. The first kappa shape index (κ1) is 26.3. The molecular weight excluding hydrogens is 551 g/mol. The van der Waals surface area contributed by atoms with Crippen molar-refractivity contribution in [1.29, 1.82) is 0 Å². The van der Waals surface area contributed by atoms with Gasteiger partial charge in [0.05, 0.1) is 22.0 Å². The Balaban J connectivity index is 1.38. The number of sulfonamides is 1. The lowest BCUT2D eigenvalue weighted by Gasteiger charge is -2.35. The number of alkyl halides is 3. The fourth-order valence-corrected chi connectivity index (χ4v) is 6.61. The van der Waals surface area contributed by atoms with Crippen LogP contribution in [0.15, 0.2) is 36.5 Å². The van der Waals surface area contributed by atoms with Gasteiger partial charge in [-0.1, -0.05) is 12.1 Å². The van der Waals surface area contributed by atoms with E-state index in [-0.39, 0.29) is 34.9 Å². The minimum Gasteiger partial charge on any atom is -0.484 e. The zero-order chi connectivity index (χ0) is 28.4. The number of carbonyl (C=O) groups is 2. The molecule has 40 heavy (non-hydrogen) atoms. The van der Waals surface area contributed by atoms with E-state index in [1.54, 1.807) is 24.4 Å². The van der Waals surface area contributed by atoms with E-state index >= 15 is 0 Å². The van der Waals surface area contributed by atoms with Gasteiger partial charge in [0.15, 0.2) is 12.4 Å². The van der Waals surface area contributed by atoms with E-state index in [1.807, 2.05) is 6.92 Å². The molecule has 0 radical (unpaired) electrons. The van der Waals surface area contributed by atoms with Gasteiger partial charge >= 0.3 is 6.18 Å². The van der Waals surface area contributed by atoms with Crippen molar-refractivity contribution in [3.63, 3.8) is 0 Å². The molecule has 1 spiro atoms. The van der Waals surface area contributed by atoms with Crippen LogP contribution in [0, 0.1) is 6.92 Å². The summed E-state index contributed by atoms with van der Waals surface area (Å²) in [4.78, 5) is 31.3. The van der Waals surface area contributed by atoms with Crippen molar-refractivity contribution >= 4 is 21.8 Å². The van der Waals surface area contributed by atoms with Crippen LogP contribution in [0.4, 0.5) is 13.2 Å². The van der Waals surface area contributed by atoms with Crippen LogP contribution in [0.3, 0.4) is 0 Å². The number of carbonyl (C=O) groups excluding carboxylic acids is 2. The summed E-state index contributed by atoms with van der Waals surface area (Å²) >= 11 is 0. The summed E-state index contributed by atoms with van der Waals surface area (Å²) in [5, 5.41) is 6.90. The number of rotatable bonds is 6. The third-order valence-corrected chi connectivity index (χ3v) is 9.17. The first-order chi connectivity index (χ1) is 18.9. The Morgan fingerprint density at radius 3 is 2.70 bits per heavy atom. The molecule has 1 fully saturated rings. The molecule has 0 unspecified atom stereocenters. The molecule has 6 rings (SSSR count). The summed E-state index contributed by atoms with van der Waals surface area (Å²) in [5.74, 6) is -1.29. The molecule has 14 heteroatoms. The number of nitrogens with one attached hydrogen (secondary N) is 2. The lowest BCUT2D eigenvalue weighted by atomic mass is 9.82. The zero-order valence-electron chi connectivity index (χ0n) is 21.2. The smallest absolute Gasteiger partial charge is 0.422 e. The van der Waals surface area contributed by atoms with Gasteiger partial charge in [-0.3, -0.25) is 9.59 Å². The van der Waals surface area contributed by atoms with Crippen molar-refractivity contribution in [2.45, 2.75) is 56.0 Å². The molecule has 3 heterocycles. The van der Waals surface area contributed by atoms with Gasteiger partial charge in [-0.15, -0.1) is 0 Å². The molecule has 2 N–H and O–H groups in total. The molecule has 10 nitrogen and oxygen atoms in total. The third kappa shape index (κ3) is 4.69. The van der Waals surface area contributed by atoms with Gasteiger partial charge in [0.1, 0.15) is 11.4 Å². The number of fused-ring (bicyclic) bond motifs is 3. The molecule has 1 aromatic carbocycles. The Kier molecular flexibility index (Phi) is 5.94. The Labute approximate surface area is 227 Å². The van der Waals surface area contributed by atoms with Crippen molar-refractivity contribution in [1.82, 2.24) is 24.8 Å². The molecule has 0 bridgehead atoms. The summed E-state index contributed by atoms with van der Waals surface area (Å²) in [7, 11) is -3.92. The maximum atomic E-state index is 13.6. The number of hydrogen-bond acceptors (Lipinski definition) is 7. The van der Waals surface area contributed by atoms with Gasteiger partial charge in [0, 0.05) is 12.6 Å². The highest BCUT2D eigenvalue weighted by atomic mass is 32.2. The minimum atomic E-state index is -4.47. The Hall–Kier alpha value is -3.94. The standard InChI is InChI=1S/C26H24F3N5O5S/c1-14-2-7-20(30-12-14)34-22(24(36)33-40(37,38)17-4-5-17)21-19(32-34)11-25(31-23(21)35)9-8-15-10-16(3-6-18(15)25)39-13-26(27,28)29/h2-3,6-7,10,12,17H,4-5,8-9,11,13H2,1H3,(H,31,35)(H,33,36)/t25-/m0/s1. The summed E-state index contributed by atoms with van der Waals surface area (Å²) < 4.78 is 71.1. The molecule has 0 saturated heterocycles. The van der Waals surface area contributed by atoms with Gasteiger partial charge in [-0.2, -0.15) is 18.3 Å². The van der Waals surface area contributed by atoms with Crippen molar-refractivity contribution in [3.8, 4) is 11.6 Å². The fourth-order valence-electron chi connectivity index (χ4n) is 5.33. The van der Waals surface area contributed by atoms with E-state index in [0.717, 1.165) is 16.7 Å². The Bertz CT molecular complexity index is 1650. The van der Waals surface area contributed by atoms with E-state index in [4.69, 9.17) is 4.74 Å². The number of nitrogens with zero attached hydrogens (tertiary/aromatic N) is 3. The normalized spacial score (nSPS) is 20.1. The van der Waals surface area contributed by atoms with Crippen LogP contribution < -0.4 is 14.8 Å². The second-order valence-electron chi connectivity index (χ2n) is 10.4. The van der Waals surface area contributed by atoms with Crippen molar-refractivity contribution in [3.05, 3.63) is 70.2 Å². The maximum Gasteiger partial charge on any atom is 0.422 e. The number of halogens is 3. The van der Waals surface area contributed by atoms with Crippen molar-refractivity contribution in [2.24, 2.45) is 0 Å². The van der Waals surface area contributed by atoms with E-state index < -0.39 is 45.4 Å². The maximum absolute atomic E-state index is 13.6. The van der Waals surface area contributed by atoms with E-state index in [9.17, 15) is 31.2 Å². The molecule has 3 aliphatic rings. The molecule has 1 atom stereocenters. The quantitative estimate of drug-likeness (QED) is 0.462. The number of hydrogen-bond donors (Lipinski definition) is 2. The predicted octanol–water partition coefficient (Wildman–Crippen LogP) is 2.87. The van der Waals surface area contributed by atoms with Gasteiger partial charge < -0.3 is 10.1 Å². The topological polar surface area (TPSA) is 132 Å². The predicted molar refractivity (Wildman–Crippen MR) is 135 cm³/mol. The minimum absolute atomic E-state index is 0.0462. The average Bonchev–Trinajstić information content (AvgIpc) is 3.61. The summed E-state index contributed by atoms with van der Waals surface area (Å²) in [6, 6.07) is 7.96. The molecule has 1 saturated carbocycles. The highest BCUT2D eigenvalue weighted by Crippen LogP contribution is 2.44. The van der Waals surface area contributed by atoms with Gasteiger partial charge in [0.25, 0.3) is 11.8 Å². The average molecular weight is 576 g/mol. The number of amides is 2. The number of pyridine rings is 1. The van der Waals surface area contributed by atoms with Crippen LogP contribution in [-0.2, 0) is 28.4 Å². The molecule has 2 aliphatic carbocycles. The van der Waals surface area contributed by atoms with Crippen molar-refractivity contribution in [2.75, 3.05) is 6.61 Å². The number of ether oxygens (including phenoxy) is 1. The largest absolute Gasteiger partial charge is 0.484 e. The van der Waals surface area contributed by atoms with Gasteiger partial charge in [-0.25, -0.2) is 22.8 Å². The summed E-state index contributed by atoms with van der Waals surface area (Å²) in [6.07, 6.45) is -0.911. The lowest BCUT2D eigenvalue weighted by Crippen LogP contribution is -2.50. The van der Waals surface area contributed by atoms with Crippen LogP contribution in [0.1, 0.15) is 62.5 Å². The van der Waals surface area contributed by atoms with Crippen LogP contribution in [-0.4, -0.2) is 53.0 Å². The highest BCUT2D eigenvalue weighted by molar-refractivity contribution is 7.91. The van der Waals surface area contributed by atoms with Gasteiger partial charge in [0.2, 0.25) is 10.0 Å². The molecule has 3 aromatic rings. The van der Waals surface area contributed by atoms with Crippen LogP contribution in [0.2, 0.25) is 0 Å². The van der Waals surface area contributed by atoms with Crippen LogP contribution in [0.5, 0.6) is 5.75 Å². The molecule has 2 aromatic heterocycles. The van der Waals surface area contributed by atoms with Gasteiger partial charge in [-0.05, 0) is 67.5 Å². The number of aromatic nitrogens is 3. The monoisotopic (exact) mass is 575 g/mol. The van der Waals surface area contributed by atoms with E-state index in [1.165, 1.54) is 16.8 Å². The van der Waals surface area contributed by atoms with Crippen molar-refractivity contribution < 1.29 is 35.9 Å². The summed E-state index contributed by atoms with van der Waals surface area (Å²) in [5.41, 5.74) is 1.39. The molecular formula is C26H24F3N5O5S. The Morgan fingerprint density at radius 2 is 2.02 bits per heavy atom. The van der Waals surface area contributed by atoms with E-state index in [0.29, 0.717) is 25.7 Å². The SMILES string of the molecule is Cc1ccc(-n2nc3c(c2C(=O)NS(=O)(=O)C2CC2)C(=O)N[C@@]2(CCc4cc(OCC(F)(F)F)ccc42)C3)nc1. The zero-order valence-corrected chi connectivity index (χ0v) is 22.0. The van der Waals surface area contributed by atoms with Crippen LogP contribution in [0.25, 0.3) is 5.82 Å². The second kappa shape index (κ2) is 9.04. The second-order valence-corrected chi connectivity index (χ2v) is 12.3. The Morgan fingerprint density at radius 1 is 1.25 bits per heavy atom. The molecule has 1 aliphatic heterocycles. The lowest BCUT2D eigenvalue weighted by molar-refractivity contribution is -0.153. The first-order valence-corrected chi connectivity index (χ1v) is 14.2. The first-order valence-electron chi connectivity index (χ1n) is 12.6. The molecule has 2 amide bonds. The third-order valence-electron chi connectivity index (χ3n) is 7.35. The molecule has 210 valence electrons. The van der Waals surface area contributed by atoms with E-state index in [2.05, 4.69) is 20.1 Å².